The quantitative estimate of drug-likeness (QED) is 0.789. The van der Waals surface area contributed by atoms with Gasteiger partial charge in [-0.2, -0.15) is 13.1 Å². The molecule has 2 rings (SSSR count). The lowest BCUT2D eigenvalue weighted by Crippen LogP contribution is -2.39. The number of nitrogens with one attached hydrogen (secondary N) is 1. The van der Waals surface area contributed by atoms with Gasteiger partial charge < -0.3 is 0 Å². The van der Waals surface area contributed by atoms with Gasteiger partial charge in [-0.15, -0.1) is 23.5 Å². The SMILES string of the molecule is C[C@@H]1NS(=O)(=O)OCCC1C1SCCCS1. The molecule has 2 heterocycles. The van der Waals surface area contributed by atoms with E-state index in [1.165, 1.54) is 17.9 Å². The molecule has 2 atom stereocenters. The fourth-order valence-corrected chi connectivity index (χ4v) is 6.50. The van der Waals surface area contributed by atoms with E-state index in [2.05, 4.69) is 4.72 Å². The van der Waals surface area contributed by atoms with Crippen LogP contribution in [0.3, 0.4) is 0 Å². The zero-order valence-electron chi connectivity index (χ0n) is 9.22. The van der Waals surface area contributed by atoms with Gasteiger partial charge >= 0.3 is 10.3 Å². The van der Waals surface area contributed by atoms with Crippen LogP contribution in [0.25, 0.3) is 0 Å². The number of hydrogen-bond acceptors (Lipinski definition) is 5. The molecule has 0 spiro atoms. The van der Waals surface area contributed by atoms with Crippen LogP contribution in [0.1, 0.15) is 19.8 Å². The topological polar surface area (TPSA) is 55.4 Å². The van der Waals surface area contributed by atoms with Gasteiger partial charge in [0.2, 0.25) is 0 Å². The first-order valence-corrected chi connectivity index (χ1v) is 8.99. The highest BCUT2D eigenvalue weighted by molar-refractivity contribution is 8.17. The Morgan fingerprint density at radius 2 is 2.00 bits per heavy atom. The van der Waals surface area contributed by atoms with Crippen LogP contribution in [0.2, 0.25) is 0 Å². The maximum Gasteiger partial charge on any atom is 0.336 e. The van der Waals surface area contributed by atoms with Crippen molar-refractivity contribution < 1.29 is 12.6 Å². The average molecular weight is 283 g/mol. The van der Waals surface area contributed by atoms with Crippen LogP contribution in [0.4, 0.5) is 0 Å². The number of rotatable bonds is 1. The molecule has 0 bridgehead atoms. The van der Waals surface area contributed by atoms with E-state index >= 15 is 0 Å². The van der Waals surface area contributed by atoms with Gasteiger partial charge in [-0.25, -0.2) is 0 Å². The molecule has 0 aromatic heterocycles. The van der Waals surface area contributed by atoms with Crippen molar-refractivity contribution in [3.05, 3.63) is 0 Å². The van der Waals surface area contributed by atoms with Crippen molar-refractivity contribution in [3.63, 3.8) is 0 Å². The van der Waals surface area contributed by atoms with Crippen LogP contribution in [0, 0.1) is 5.92 Å². The molecular weight excluding hydrogens is 266 g/mol. The summed E-state index contributed by atoms with van der Waals surface area (Å²) in [5.74, 6) is 2.75. The Kier molecular flexibility index (Phi) is 4.45. The molecule has 4 nitrogen and oxygen atoms in total. The Morgan fingerprint density at radius 3 is 2.69 bits per heavy atom. The second kappa shape index (κ2) is 5.48. The third kappa shape index (κ3) is 3.29. The third-order valence-corrected chi connectivity index (χ3v) is 7.22. The lowest BCUT2D eigenvalue weighted by molar-refractivity contribution is 0.300. The smallest absolute Gasteiger partial charge is 0.258 e. The second-order valence-corrected chi connectivity index (χ2v) is 8.28. The molecule has 2 saturated heterocycles. The lowest BCUT2D eigenvalue weighted by Gasteiger charge is -2.31. The molecule has 0 aromatic rings. The van der Waals surface area contributed by atoms with Crippen molar-refractivity contribution in [1.82, 2.24) is 4.72 Å². The van der Waals surface area contributed by atoms with Crippen molar-refractivity contribution in [2.24, 2.45) is 5.92 Å². The predicted molar refractivity (Wildman–Crippen MR) is 68.9 cm³/mol. The van der Waals surface area contributed by atoms with Gasteiger partial charge in [0.25, 0.3) is 0 Å². The molecule has 7 heteroatoms. The number of thioether (sulfide) groups is 2. The largest absolute Gasteiger partial charge is 0.336 e. The Balaban J connectivity index is 2.03. The zero-order chi connectivity index (χ0) is 11.6. The Morgan fingerprint density at radius 1 is 1.31 bits per heavy atom. The van der Waals surface area contributed by atoms with Crippen LogP contribution >= 0.6 is 23.5 Å². The van der Waals surface area contributed by atoms with Crippen LogP contribution in [-0.2, 0) is 14.5 Å². The van der Waals surface area contributed by atoms with E-state index in [0.29, 0.717) is 17.1 Å². The molecule has 2 aliphatic rings. The van der Waals surface area contributed by atoms with Crippen molar-refractivity contribution in [3.8, 4) is 0 Å². The van der Waals surface area contributed by atoms with E-state index in [0.717, 1.165) is 6.42 Å². The van der Waals surface area contributed by atoms with Crippen molar-refractivity contribution in [1.29, 1.82) is 0 Å². The van der Waals surface area contributed by atoms with Gasteiger partial charge in [-0.3, -0.25) is 4.18 Å². The molecule has 1 unspecified atom stereocenters. The Labute approximate surface area is 106 Å². The van der Waals surface area contributed by atoms with Crippen LogP contribution in [-0.4, -0.2) is 37.2 Å². The van der Waals surface area contributed by atoms with Crippen molar-refractivity contribution in [2.75, 3.05) is 18.1 Å². The van der Waals surface area contributed by atoms with E-state index in [9.17, 15) is 8.42 Å². The highest BCUT2D eigenvalue weighted by Gasteiger charge is 2.34. The first-order valence-electron chi connectivity index (χ1n) is 5.48. The van der Waals surface area contributed by atoms with Crippen molar-refractivity contribution in [2.45, 2.75) is 30.4 Å². The van der Waals surface area contributed by atoms with Crippen LogP contribution in [0.15, 0.2) is 0 Å². The summed E-state index contributed by atoms with van der Waals surface area (Å²) in [6.45, 7) is 2.24. The minimum Gasteiger partial charge on any atom is -0.258 e. The summed E-state index contributed by atoms with van der Waals surface area (Å²) in [6, 6.07) is -0.0319. The van der Waals surface area contributed by atoms with Gasteiger partial charge in [-0.1, -0.05) is 0 Å². The van der Waals surface area contributed by atoms with Crippen LogP contribution in [0.5, 0.6) is 0 Å². The fourth-order valence-electron chi connectivity index (χ4n) is 2.02. The lowest BCUT2D eigenvalue weighted by atomic mass is 10.0. The fraction of sp³-hybridized carbons (Fsp3) is 1.00. The maximum absolute atomic E-state index is 11.4. The molecule has 1 N–H and O–H groups in total. The molecular formula is C9H17NO3S3. The van der Waals surface area contributed by atoms with Crippen molar-refractivity contribution >= 4 is 33.8 Å². The van der Waals surface area contributed by atoms with Gasteiger partial charge in [0.15, 0.2) is 0 Å². The van der Waals surface area contributed by atoms with Crippen LogP contribution < -0.4 is 4.72 Å². The average Bonchev–Trinajstić information content (AvgIpc) is 2.37. The standard InChI is InChI=1S/C9H17NO3S3/c1-7-8(9-14-5-2-6-15-9)3-4-13-16(11,12)10-7/h7-10H,2-6H2,1H3/t7-,8?/m0/s1. The van der Waals surface area contributed by atoms with E-state index in [1.54, 1.807) is 0 Å². The molecule has 0 aromatic carbocycles. The maximum atomic E-state index is 11.4. The zero-order valence-corrected chi connectivity index (χ0v) is 11.7. The summed E-state index contributed by atoms with van der Waals surface area (Å²) in [6.07, 6.45) is 2.08. The highest BCUT2D eigenvalue weighted by Crippen LogP contribution is 2.39. The van der Waals surface area contributed by atoms with E-state index < -0.39 is 10.3 Å². The second-order valence-electron chi connectivity index (χ2n) is 4.10. The molecule has 94 valence electrons. The predicted octanol–water partition coefficient (Wildman–Crippen LogP) is 1.44. The minimum absolute atomic E-state index is 0.0319. The summed E-state index contributed by atoms with van der Waals surface area (Å²) >= 11 is 3.91. The molecule has 0 aliphatic carbocycles. The molecule has 2 aliphatic heterocycles. The third-order valence-electron chi connectivity index (χ3n) is 2.86. The molecule has 0 radical (unpaired) electrons. The minimum atomic E-state index is -3.51. The number of hydrogen-bond donors (Lipinski definition) is 1. The molecule has 16 heavy (non-hydrogen) atoms. The van der Waals surface area contributed by atoms with Gasteiger partial charge in [0, 0.05) is 6.04 Å². The summed E-state index contributed by atoms with van der Waals surface area (Å²) < 4.78 is 30.6. The first-order chi connectivity index (χ1) is 7.58. The van der Waals surface area contributed by atoms with Gasteiger partial charge in [0.1, 0.15) is 0 Å². The summed E-state index contributed by atoms with van der Waals surface area (Å²) in [4.78, 5) is 0. The van der Waals surface area contributed by atoms with E-state index in [1.807, 2.05) is 30.4 Å². The molecule has 0 saturated carbocycles. The summed E-state index contributed by atoms with van der Waals surface area (Å²) in [5.41, 5.74) is 0. The molecule has 0 amide bonds. The molecule has 2 fully saturated rings. The van der Waals surface area contributed by atoms with Gasteiger partial charge in [0.05, 0.1) is 11.2 Å². The Hall–Kier alpha value is 0.570. The first kappa shape index (κ1) is 13.0. The van der Waals surface area contributed by atoms with E-state index in [4.69, 9.17) is 4.18 Å². The monoisotopic (exact) mass is 283 g/mol. The normalized spacial score (nSPS) is 36.8. The summed E-state index contributed by atoms with van der Waals surface area (Å²) in [5, 5.41) is 0. The summed E-state index contributed by atoms with van der Waals surface area (Å²) in [7, 11) is -3.51. The van der Waals surface area contributed by atoms with Gasteiger partial charge in [-0.05, 0) is 37.2 Å². The Bertz CT molecular complexity index is 327. The van der Waals surface area contributed by atoms with E-state index in [-0.39, 0.29) is 6.04 Å². The highest BCUT2D eigenvalue weighted by atomic mass is 32.2.